The molecular formula is C28H30N2O2. The lowest BCUT2D eigenvalue weighted by Crippen LogP contribution is -2.48. The van der Waals surface area contributed by atoms with E-state index < -0.39 is 0 Å². The summed E-state index contributed by atoms with van der Waals surface area (Å²) in [5.74, 6) is 0.935. The summed E-state index contributed by atoms with van der Waals surface area (Å²) >= 11 is 0. The Hall–Kier alpha value is -3.11. The van der Waals surface area contributed by atoms with Crippen LogP contribution in [-0.2, 0) is 23.2 Å². The second-order valence-corrected chi connectivity index (χ2v) is 8.93. The first-order chi connectivity index (χ1) is 15.7. The molecule has 32 heavy (non-hydrogen) atoms. The van der Waals surface area contributed by atoms with Gasteiger partial charge in [0.15, 0.2) is 0 Å². The molecule has 0 aliphatic carbocycles. The molecule has 2 N–H and O–H groups in total. The van der Waals surface area contributed by atoms with Crippen LogP contribution in [0.1, 0.15) is 35.1 Å². The maximum absolute atomic E-state index is 12.1. The molecule has 0 bridgehead atoms. The van der Waals surface area contributed by atoms with E-state index in [4.69, 9.17) is 10.5 Å². The summed E-state index contributed by atoms with van der Waals surface area (Å²) in [6.07, 6.45) is 3.28. The number of fused-ring (bicyclic) bond motifs is 1. The Balaban J connectivity index is 1.53. The summed E-state index contributed by atoms with van der Waals surface area (Å²) < 4.78 is 5.68. The molecule has 0 spiro atoms. The molecule has 2 heterocycles. The molecule has 2 aliphatic heterocycles. The fourth-order valence-electron chi connectivity index (χ4n) is 5.78. The molecule has 3 aromatic carbocycles. The van der Waals surface area contributed by atoms with Crippen molar-refractivity contribution in [2.24, 2.45) is 11.7 Å². The van der Waals surface area contributed by atoms with Gasteiger partial charge in [-0.1, -0.05) is 72.8 Å². The molecule has 5 rings (SSSR count). The van der Waals surface area contributed by atoms with Crippen molar-refractivity contribution < 1.29 is 9.53 Å². The summed E-state index contributed by atoms with van der Waals surface area (Å²) in [4.78, 5) is 14.7. The lowest BCUT2D eigenvalue weighted by molar-refractivity contribution is -0.119. The standard InChI is InChI=1S/C28H30N2O2/c29-27(31)20-25-14-17-30(16-13-21-11-12-26-22(19-21)15-18-32-26)28(25,23-7-3-1-4-8-23)24-9-5-2-6-10-24/h1-12,19,25H,13-18,20H2,(H2,29,31)/t25-/m0/s1. The van der Waals surface area contributed by atoms with Gasteiger partial charge in [-0.15, -0.1) is 0 Å². The van der Waals surface area contributed by atoms with Crippen molar-refractivity contribution in [1.29, 1.82) is 0 Å². The molecule has 0 saturated carbocycles. The fourth-order valence-corrected chi connectivity index (χ4v) is 5.78. The van der Waals surface area contributed by atoms with Crippen LogP contribution in [0.4, 0.5) is 0 Å². The SMILES string of the molecule is NC(=O)C[C@@H]1CCN(CCc2ccc3c(c2)CCO3)C1(c1ccccc1)c1ccccc1. The number of rotatable bonds is 7. The first-order valence-corrected chi connectivity index (χ1v) is 11.6. The number of nitrogens with zero attached hydrogens (tertiary/aromatic N) is 1. The molecule has 0 aromatic heterocycles. The fraction of sp³-hybridized carbons (Fsp3) is 0.321. The Kier molecular flexibility index (Phi) is 5.71. The topological polar surface area (TPSA) is 55.6 Å². The van der Waals surface area contributed by atoms with Gasteiger partial charge < -0.3 is 10.5 Å². The second kappa shape index (κ2) is 8.79. The van der Waals surface area contributed by atoms with E-state index in [-0.39, 0.29) is 17.4 Å². The number of carbonyl (C=O) groups is 1. The van der Waals surface area contributed by atoms with E-state index in [1.807, 2.05) is 0 Å². The van der Waals surface area contributed by atoms with Gasteiger partial charge in [-0.05, 0) is 53.6 Å². The van der Waals surface area contributed by atoms with Crippen LogP contribution in [0.25, 0.3) is 0 Å². The van der Waals surface area contributed by atoms with Crippen LogP contribution in [0, 0.1) is 5.92 Å². The normalized spacial score (nSPS) is 19.4. The number of likely N-dealkylation sites (tertiary alicyclic amines) is 1. The van der Waals surface area contributed by atoms with Crippen molar-refractivity contribution in [2.75, 3.05) is 19.7 Å². The number of ether oxygens (including phenoxy) is 1. The molecule has 0 unspecified atom stereocenters. The number of benzene rings is 3. The summed E-state index contributed by atoms with van der Waals surface area (Å²) in [5, 5.41) is 0. The zero-order valence-electron chi connectivity index (χ0n) is 18.4. The number of carbonyl (C=O) groups excluding carboxylic acids is 1. The molecule has 4 nitrogen and oxygen atoms in total. The number of hydrogen-bond donors (Lipinski definition) is 1. The second-order valence-electron chi connectivity index (χ2n) is 8.93. The van der Waals surface area contributed by atoms with E-state index >= 15 is 0 Å². The predicted molar refractivity (Wildman–Crippen MR) is 127 cm³/mol. The summed E-state index contributed by atoms with van der Waals surface area (Å²) in [7, 11) is 0. The third-order valence-electron chi connectivity index (χ3n) is 7.14. The van der Waals surface area contributed by atoms with Crippen LogP contribution in [0.3, 0.4) is 0 Å². The lowest BCUT2D eigenvalue weighted by atomic mass is 9.72. The van der Waals surface area contributed by atoms with Crippen molar-refractivity contribution in [2.45, 2.75) is 31.2 Å². The zero-order valence-corrected chi connectivity index (χ0v) is 18.4. The number of nitrogens with two attached hydrogens (primary N) is 1. The quantitative estimate of drug-likeness (QED) is 0.613. The van der Waals surface area contributed by atoms with Gasteiger partial charge in [-0.2, -0.15) is 0 Å². The highest BCUT2D eigenvalue weighted by molar-refractivity contribution is 5.74. The monoisotopic (exact) mass is 426 g/mol. The molecule has 4 heteroatoms. The molecule has 2 aliphatic rings. The van der Waals surface area contributed by atoms with E-state index in [1.54, 1.807) is 0 Å². The first-order valence-electron chi connectivity index (χ1n) is 11.6. The van der Waals surface area contributed by atoms with Crippen LogP contribution in [0.2, 0.25) is 0 Å². The third-order valence-corrected chi connectivity index (χ3v) is 7.14. The highest BCUT2D eigenvalue weighted by atomic mass is 16.5. The summed E-state index contributed by atoms with van der Waals surface area (Å²) in [6.45, 7) is 2.64. The Morgan fingerprint density at radius 2 is 1.69 bits per heavy atom. The molecule has 1 amide bonds. The van der Waals surface area contributed by atoms with E-state index in [0.29, 0.717) is 6.42 Å². The minimum Gasteiger partial charge on any atom is -0.493 e. The van der Waals surface area contributed by atoms with Crippen molar-refractivity contribution in [3.8, 4) is 5.75 Å². The van der Waals surface area contributed by atoms with E-state index in [9.17, 15) is 4.79 Å². The first kappa shape index (κ1) is 20.8. The van der Waals surface area contributed by atoms with E-state index in [2.05, 4.69) is 83.8 Å². The average molecular weight is 427 g/mol. The van der Waals surface area contributed by atoms with Crippen molar-refractivity contribution >= 4 is 5.91 Å². The number of hydrogen-bond acceptors (Lipinski definition) is 3. The largest absolute Gasteiger partial charge is 0.493 e. The average Bonchev–Trinajstić information content (AvgIpc) is 3.43. The van der Waals surface area contributed by atoms with Gasteiger partial charge in [0.25, 0.3) is 0 Å². The minimum absolute atomic E-state index is 0.137. The Morgan fingerprint density at radius 3 is 2.34 bits per heavy atom. The Bertz CT molecular complexity index is 1040. The van der Waals surface area contributed by atoms with Crippen LogP contribution in [0.15, 0.2) is 78.9 Å². The van der Waals surface area contributed by atoms with Gasteiger partial charge in [0, 0.05) is 19.4 Å². The zero-order chi connectivity index (χ0) is 22.0. The highest BCUT2D eigenvalue weighted by Crippen LogP contribution is 2.49. The maximum Gasteiger partial charge on any atom is 0.217 e. The molecular weight excluding hydrogens is 396 g/mol. The molecule has 1 saturated heterocycles. The van der Waals surface area contributed by atoms with Gasteiger partial charge in [-0.3, -0.25) is 9.69 Å². The number of primary amides is 1. The summed E-state index contributed by atoms with van der Waals surface area (Å²) in [6, 6.07) is 27.9. The van der Waals surface area contributed by atoms with Crippen molar-refractivity contribution in [3.63, 3.8) is 0 Å². The van der Waals surface area contributed by atoms with Gasteiger partial charge in [0.1, 0.15) is 5.75 Å². The van der Waals surface area contributed by atoms with Crippen molar-refractivity contribution in [1.82, 2.24) is 4.90 Å². The number of amides is 1. The van der Waals surface area contributed by atoms with Gasteiger partial charge in [0.05, 0.1) is 12.1 Å². The van der Waals surface area contributed by atoms with Gasteiger partial charge >= 0.3 is 0 Å². The highest BCUT2D eigenvalue weighted by Gasteiger charge is 2.51. The minimum atomic E-state index is -0.364. The van der Waals surface area contributed by atoms with Gasteiger partial charge in [-0.25, -0.2) is 0 Å². The smallest absolute Gasteiger partial charge is 0.217 e. The van der Waals surface area contributed by atoms with Crippen LogP contribution < -0.4 is 10.5 Å². The van der Waals surface area contributed by atoms with Gasteiger partial charge in [0.2, 0.25) is 5.91 Å². The Labute approximate surface area is 190 Å². The molecule has 164 valence electrons. The maximum atomic E-state index is 12.1. The predicted octanol–water partition coefficient (Wildman–Crippen LogP) is 4.31. The molecule has 1 atom stereocenters. The van der Waals surface area contributed by atoms with E-state index in [0.717, 1.165) is 44.7 Å². The summed E-state index contributed by atoms with van der Waals surface area (Å²) in [5.41, 5.74) is 10.5. The van der Waals surface area contributed by atoms with Crippen LogP contribution >= 0.6 is 0 Å². The van der Waals surface area contributed by atoms with Crippen LogP contribution in [0.5, 0.6) is 5.75 Å². The lowest BCUT2D eigenvalue weighted by Gasteiger charge is -2.44. The molecule has 0 radical (unpaired) electrons. The van der Waals surface area contributed by atoms with Crippen LogP contribution in [-0.4, -0.2) is 30.5 Å². The third kappa shape index (κ3) is 3.69. The van der Waals surface area contributed by atoms with Crippen molar-refractivity contribution in [3.05, 3.63) is 101 Å². The molecule has 3 aromatic rings. The Morgan fingerprint density at radius 1 is 1.00 bits per heavy atom. The molecule has 1 fully saturated rings. The van der Waals surface area contributed by atoms with E-state index in [1.165, 1.54) is 22.3 Å².